The van der Waals surface area contributed by atoms with Crippen LogP contribution in [0.3, 0.4) is 0 Å². The highest BCUT2D eigenvalue weighted by Crippen LogP contribution is 2.38. The summed E-state index contributed by atoms with van der Waals surface area (Å²) in [6, 6.07) is 25.8. The fourth-order valence-electron chi connectivity index (χ4n) is 3.37. The molecule has 1 heterocycles. The molecule has 0 N–H and O–H groups in total. The van der Waals surface area contributed by atoms with E-state index in [9.17, 15) is 0 Å². The van der Waals surface area contributed by atoms with Gasteiger partial charge in [0.15, 0.2) is 0 Å². The lowest BCUT2D eigenvalue weighted by atomic mass is 10.1. The van der Waals surface area contributed by atoms with Crippen LogP contribution in [-0.4, -0.2) is 0 Å². The second kappa shape index (κ2) is 9.90. The topological polar surface area (TPSA) is 3.24 Å². The summed E-state index contributed by atoms with van der Waals surface area (Å²) in [5, 5.41) is 2.61. The lowest BCUT2D eigenvalue weighted by Gasteiger charge is -2.26. The summed E-state index contributed by atoms with van der Waals surface area (Å²) in [7, 11) is 0. The van der Waals surface area contributed by atoms with E-state index in [1.165, 1.54) is 20.2 Å². The summed E-state index contributed by atoms with van der Waals surface area (Å²) in [5.41, 5.74) is 3.35. The predicted molar refractivity (Wildman–Crippen MR) is 132 cm³/mol. The van der Waals surface area contributed by atoms with Crippen molar-refractivity contribution in [3.05, 3.63) is 109 Å². The summed E-state index contributed by atoms with van der Waals surface area (Å²) >= 11 is 1.84. The first-order valence-electron chi connectivity index (χ1n) is 10.0. The summed E-state index contributed by atoms with van der Waals surface area (Å²) in [5.74, 6) is 0. The van der Waals surface area contributed by atoms with Crippen molar-refractivity contribution in [1.82, 2.24) is 0 Å². The van der Waals surface area contributed by atoms with Gasteiger partial charge in [-0.15, -0.1) is 11.3 Å². The Hall–Kier alpha value is -3.10. The van der Waals surface area contributed by atoms with E-state index in [2.05, 4.69) is 90.4 Å². The van der Waals surface area contributed by atoms with Crippen LogP contribution in [0, 0.1) is 0 Å². The van der Waals surface area contributed by atoms with Gasteiger partial charge in [-0.05, 0) is 55.5 Å². The molecule has 0 saturated heterocycles. The van der Waals surface area contributed by atoms with E-state index in [0.29, 0.717) is 0 Å². The zero-order chi connectivity index (χ0) is 20.6. The molecule has 1 nitrogen and oxygen atoms in total. The van der Waals surface area contributed by atoms with Gasteiger partial charge in [-0.3, -0.25) is 0 Å². The molecule has 4 aromatic rings. The Morgan fingerprint density at radius 2 is 1.52 bits per heavy atom. The van der Waals surface area contributed by atoms with Crippen LogP contribution < -0.4 is 4.90 Å². The van der Waals surface area contributed by atoms with E-state index >= 15 is 0 Å². The highest BCUT2D eigenvalue weighted by atomic mass is 32.1. The number of thiophene rings is 1. The smallest absolute Gasteiger partial charge is 0.0468 e. The molecule has 0 aliphatic rings. The van der Waals surface area contributed by atoms with Gasteiger partial charge < -0.3 is 4.90 Å². The Bertz CT molecular complexity index is 1150. The van der Waals surface area contributed by atoms with Gasteiger partial charge in [0.05, 0.1) is 0 Å². The van der Waals surface area contributed by atoms with Crippen LogP contribution in [0.25, 0.3) is 20.2 Å². The number of rotatable bonds is 5. The zero-order valence-corrected chi connectivity index (χ0v) is 18.1. The number of anilines is 2. The van der Waals surface area contributed by atoms with Crippen molar-refractivity contribution in [3.63, 3.8) is 0 Å². The molecule has 0 aliphatic carbocycles. The van der Waals surface area contributed by atoms with E-state index in [0.717, 1.165) is 17.1 Å². The lowest BCUT2D eigenvalue weighted by molar-refractivity contribution is 1.21. The second-order valence-electron chi connectivity index (χ2n) is 6.28. The highest BCUT2D eigenvalue weighted by molar-refractivity contribution is 7.25. The molecule has 0 atom stereocenters. The van der Waals surface area contributed by atoms with Crippen molar-refractivity contribution in [2.24, 2.45) is 0 Å². The molecule has 29 heavy (non-hydrogen) atoms. The number of hydrogen-bond donors (Lipinski definition) is 0. The van der Waals surface area contributed by atoms with Gasteiger partial charge in [-0.25, -0.2) is 0 Å². The average Bonchev–Trinajstić information content (AvgIpc) is 3.15. The zero-order valence-electron chi connectivity index (χ0n) is 17.3. The normalized spacial score (nSPS) is 11.5. The number of para-hydroxylation sites is 1. The summed E-state index contributed by atoms with van der Waals surface area (Å²) in [6.07, 6.45) is 8.06. The molecule has 0 saturated carbocycles. The number of fused-ring (bicyclic) bond motifs is 3. The molecule has 3 aromatic carbocycles. The van der Waals surface area contributed by atoms with Crippen molar-refractivity contribution in [3.8, 4) is 0 Å². The first-order chi connectivity index (χ1) is 14.3. The van der Waals surface area contributed by atoms with Gasteiger partial charge in [-0.1, -0.05) is 69.0 Å². The van der Waals surface area contributed by atoms with Crippen molar-refractivity contribution in [2.45, 2.75) is 20.8 Å². The molecule has 0 unspecified atom stereocenters. The van der Waals surface area contributed by atoms with Gasteiger partial charge in [0, 0.05) is 37.2 Å². The molecule has 0 radical (unpaired) electrons. The van der Waals surface area contributed by atoms with Crippen LogP contribution in [0.2, 0.25) is 0 Å². The van der Waals surface area contributed by atoms with Gasteiger partial charge in [0.2, 0.25) is 0 Å². The highest BCUT2D eigenvalue weighted by Gasteiger charge is 2.14. The largest absolute Gasteiger partial charge is 0.310 e. The molecule has 2 heteroatoms. The van der Waals surface area contributed by atoms with Crippen LogP contribution in [-0.2, 0) is 0 Å². The van der Waals surface area contributed by atoms with Gasteiger partial charge in [0.1, 0.15) is 0 Å². The molecule has 0 spiro atoms. The minimum Gasteiger partial charge on any atom is -0.310 e. The lowest BCUT2D eigenvalue weighted by Crippen LogP contribution is -2.14. The minimum atomic E-state index is 1.08. The van der Waals surface area contributed by atoms with E-state index in [1.807, 2.05) is 50.3 Å². The average molecular weight is 398 g/mol. The third kappa shape index (κ3) is 4.33. The fourth-order valence-corrected chi connectivity index (χ4v) is 4.46. The van der Waals surface area contributed by atoms with Crippen molar-refractivity contribution in [1.29, 1.82) is 0 Å². The number of benzene rings is 3. The Kier molecular flexibility index (Phi) is 7.04. The Labute approximate surface area is 177 Å². The van der Waals surface area contributed by atoms with E-state index < -0.39 is 0 Å². The van der Waals surface area contributed by atoms with E-state index in [-0.39, 0.29) is 0 Å². The quantitative estimate of drug-likeness (QED) is 0.304. The molecule has 146 valence electrons. The third-order valence-corrected chi connectivity index (χ3v) is 5.67. The van der Waals surface area contributed by atoms with Crippen LogP contribution in [0.15, 0.2) is 109 Å². The molecular formula is C27H27NS. The van der Waals surface area contributed by atoms with Crippen molar-refractivity contribution < 1.29 is 0 Å². The van der Waals surface area contributed by atoms with Crippen LogP contribution in [0.1, 0.15) is 20.8 Å². The monoisotopic (exact) mass is 397 g/mol. The first kappa shape index (κ1) is 20.6. The van der Waals surface area contributed by atoms with Crippen molar-refractivity contribution in [2.75, 3.05) is 4.90 Å². The molecule has 0 bridgehead atoms. The first-order valence-corrected chi connectivity index (χ1v) is 10.9. The Morgan fingerprint density at radius 3 is 2.24 bits per heavy atom. The maximum absolute atomic E-state index is 3.90. The number of hydrogen-bond acceptors (Lipinski definition) is 2. The maximum atomic E-state index is 3.90. The summed E-state index contributed by atoms with van der Waals surface area (Å²) < 4.78 is 2.64. The maximum Gasteiger partial charge on any atom is 0.0468 e. The molecule has 0 aliphatic heterocycles. The Morgan fingerprint density at radius 1 is 0.828 bits per heavy atom. The second-order valence-corrected chi connectivity index (χ2v) is 7.36. The molecular weight excluding hydrogens is 370 g/mol. The van der Waals surface area contributed by atoms with Gasteiger partial charge >= 0.3 is 0 Å². The van der Waals surface area contributed by atoms with E-state index in [4.69, 9.17) is 0 Å². The minimum absolute atomic E-state index is 1.08. The Balaban J connectivity index is 0.00000117. The van der Waals surface area contributed by atoms with Gasteiger partial charge in [0.25, 0.3) is 0 Å². The molecule has 0 amide bonds. The van der Waals surface area contributed by atoms with Gasteiger partial charge in [-0.2, -0.15) is 0 Å². The van der Waals surface area contributed by atoms with Crippen LogP contribution >= 0.6 is 11.3 Å². The number of allylic oxidation sites excluding steroid dienone is 4. The SMILES string of the molecule is C=C/C=C(\C=C/C)N(c1ccccc1)c1ccc2sc3ccccc3c2c1.CC. The van der Waals surface area contributed by atoms with Crippen molar-refractivity contribution >= 4 is 42.9 Å². The molecule has 4 rings (SSSR count). The summed E-state index contributed by atoms with van der Waals surface area (Å²) in [4.78, 5) is 2.27. The third-order valence-electron chi connectivity index (χ3n) is 4.52. The van der Waals surface area contributed by atoms with E-state index in [1.54, 1.807) is 0 Å². The van der Waals surface area contributed by atoms with Crippen LogP contribution in [0.4, 0.5) is 11.4 Å². The fraction of sp³-hybridized carbons (Fsp3) is 0.111. The van der Waals surface area contributed by atoms with Crippen LogP contribution in [0.5, 0.6) is 0 Å². The standard InChI is InChI=1S/C25H21NS.C2H6/c1-3-10-19(11-4-2)26(20-12-6-5-7-13-20)21-16-17-25-23(18-21)22-14-8-9-15-24(22)27-25;1-2/h3-18H,1H2,2H3;1-2H3/b11-4-,19-10+;. The molecule has 1 aromatic heterocycles. The predicted octanol–water partition coefficient (Wildman–Crippen LogP) is 8.86. The molecule has 0 fully saturated rings. The summed E-state index contributed by atoms with van der Waals surface area (Å²) in [6.45, 7) is 9.94. The number of nitrogens with zero attached hydrogens (tertiary/aromatic N) is 1.